The average Bonchev–Trinajstić information content (AvgIpc) is 3.43. The lowest BCUT2D eigenvalue weighted by Crippen LogP contribution is -2.28. The van der Waals surface area contributed by atoms with Crippen LogP contribution in [-0.2, 0) is 14.2 Å². The molecule has 3 heterocycles. The molecule has 1 aromatic carbocycles. The van der Waals surface area contributed by atoms with Gasteiger partial charge in [0.15, 0.2) is 39.6 Å². The molecule has 6 rings (SSSR count). The highest BCUT2D eigenvalue weighted by Gasteiger charge is 2.55. The van der Waals surface area contributed by atoms with Gasteiger partial charge in [0.1, 0.15) is 6.10 Å². The molecule has 2 aromatic heterocycles. The van der Waals surface area contributed by atoms with Crippen LogP contribution in [-0.4, -0.2) is 79.9 Å². The molecule has 0 spiro atoms. The fraction of sp³-hybridized carbons (Fsp3) is 0.633. The van der Waals surface area contributed by atoms with Crippen LogP contribution in [0.15, 0.2) is 28.3 Å². The third-order valence-electron chi connectivity index (χ3n) is 8.47. The van der Waals surface area contributed by atoms with Crippen molar-refractivity contribution in [2.75, 3.05) is 25.6 Å². The summed E-state index contributed by atoms with van der Waals surface area (Å²) in [7, 11) is 0. The first-order valence-electron chi connectivity index (χ1n) is 15.0. The quantitative estimate of drug-likeness (QED) is 0.126. The van der Waals surface area contributed by atoms with Crippen LogP contribution < -0.4 is 0 Å². The van der Waals surface area contributed by atoms with E-state index in [1.54, 1.807) is 17.8 Å². The monoisotopic (exact) mass is 616 g/mol. The number of aromatic nitrogens is 5. The Morgan fingerprint density at radius 2 is 2.02 bits per heavy atom. The van der Waals surface area contributed by atoms with E-state index in [9.17, 15) is 13.9 Å². The second-order valence-corrected chi connectivity index (χ2v) is 13.2. The van der Waals surface area contributed by atoms with Crippen LogP contribution in [0.25, 0.3) is 11.2 Å². The first-order valence-corrected chi connectivity index (χ1v) is 16.0. The number of halogens is 2. The average molecular weight is 617 g/mol. The second kappa shape index (κ2) is 12.4. The third-order valence-corrected chi connectivity index (χ3v) is 9.53. The van der Waals surface area contributed by atoms with E-state index in [1.165, 1.54) is 12.1 Å². The van der Waals surface area contributed by atoms with Crippen molar-refractivity contribution in [1.29, 1.82) is 0 Å². The fourth-order valence-corrected chi connectivity index (χ4v) is 7.04. The van der Waals surface area contributed by atoms with Gasteiger partial charge in [0.25, 0.3) is 0 Å². The fourth-order valence-electron chi connectivity index (χ4n) is 6.35. The molecular weight excluding hydrogens is 578 g/mol. The van der Waals surface area contributed by atoms with Crippen LogP contribution in [0, 0.1) is 29.4 Å². The first-order chi connectivity index (χ1) is 20.7. The Hall–Kier alpha value is -2.58. The largest absolute Gasteiger partial charge is 0.394 e. The minimum Gasteiger partial charge on any atom is -0.394 e. The molecule has 43 heavy (non-hydrogen) atoms. The van der Waals surface area contributed by atoms with Crippen molar-refractivity contribution in [3.8, 4) is 0 Å². The van der Waals surface area contributed by atoms with E-state index in [1.807, 2.05) is 24.7 Å². The maximum absolute atomic E-state index is 13.8. The van der Waals surface area contributed by atoms with Gasteiger partial charge in [-0.25, -0.2) is 28.4 Å². The van der Waals surface area contributed by atoms with Crippen LogP contribution in [0.1, 0.15) is 64.5 Å². The van der Waals surface area contributed by atoms with Gasteiger partial charge in [-0.05, 0) is 68.6 Å². The summed E-state index contributed by atoms with van der Waals surface area (Å²) in [5.41, 5.74) is 1.91. The second-order valence-electron chi connectivity index (χ2n) is 12.1. The molecule has 0 radical (unpaired) electrons. The molecule has 0 unspecified atom stereocenters. The molecule has 1 N–H and O–H groups in total. The zero-order valence-electron chi connectivity index (χ0n) is 24.8. The normalized spacial score (nSPS) is 28.6. The molecule has 2 aliphatic carbocycles. The van der Waals surface area contributed by atoms with Gasteiger partial charge >= 0.3 is 0 Å². The molecule has 0 amide bonds. The Morgan fingerprint density at radius 1 is 1.21 bits per heavy atom. The molecule has 7 atom stereocenters. The van der Waals surface area contributed by atoms with Crippen molar-refractivity contribution in [2.45, 2.75) is 82.1 Å². The van der Waals surface area contributed by atoms with Crippen molar-refractivity contribution in [3.05, 3.63) is 35.4 Å². The van der Waals surface area contributed by atoms with E-state index in [0.29, 0.717) is 35.2 Å². The summed E-state index contributed by atoms with van der Waals surface area (Å²) in [6.45, 7) is 8.66. The summed E-state index contributed by atoms with van der Waals surface area (Å²) in [6, 6.07) is 3.96. The molecular formula is C30H38F2N6O4S. The van der Waals surface area contributed by atoms with Crippen LogP contribution in [0.2, 0.25) is 0 Å². The number of ether oxygens (including phenoxy) is 3. The number of hydrogen-bond donors (Lipinski definition) is 1. The predicted octanol–water partition coefficient (Wildman–Crippen LogP) is 5.23. The number of aliphatic imine (C=N–C) groups is 1. The summed E-state index contributed by atoms with van der Waals surface area (Å²) in [5, 5.41) is 18.8. The highest BCUT2D eigenvalue weighted by molar-refractivity contribution is 7.99. The van der Waals surface area contributed by atoms with E-state index in [0.717, 1.165) is 24.2 Å². The lowest BCUT2D eigenvalue weighted by atomic mass is 10.0. The molecule has 1 saturated heterocycles. The van der Waals surface area contributed by atoms with Gasteiger partial charge in [0, 0.05) is 17.9 Å². The van der Waals surface area contributed by atoms with Gasteiger partial charge in [0.05, 0.1) is 32.0 Å². The van der Waals surface area contributed by atoms with Gasteiger partial charge in [-0.1, -0.05) is 36.9 Å². The Labute approximate surface area is 253 Å². The summed E-state index contributed by atoms with van der Waals surface area (Å²) >= 11 is 1.56. The lowest BCUT2D eigenvalue weighted by Gasteiger charge is -2.23. The number of hydrogen-bond acceptors (Lipinski definition) is 10. The number of aliphatic hydroxyl groups is 1. The summed E-state index contributed by atoms with van der Waals surface area (Å²) in [5.74, 6) is -0.500. The molecule has 3 aliphatic rings. The highest BCUT2D eigenvalue weighted by atomic mass is 32.2. The molecule has 0 bridgehead atoms. The summed E-state index contributed by atoms with van der Waals surface area (Å²) in [6.07, 6.45) is 3.97. The molecule has 1 aliphatic heterocycles. The van der Waals surface area contributed by atoms with Crippen molar-refractivity contribution in [1.82, 2.24) is 25.0 Å². The van der Waals surface area contributed by atoms with Crippen LogP contribution in [0.4, 0.5) is 14.6 Å². The molecule has 10 nitrogen and oxygen atoms in total. The Balaban J connectivity index is 1.27. The number of thioether (sulfide) groups is 1. The zero-order chi connectivity index (χ0) is 30.3. The minimum absolute atomic E-state index is 0.0377. The van der Waals surface area contributed by atoms with Crippen molar-refractivity contribution in [3.63, 3.8) is 0 Å². The first kappa shape index (κ1) is 30.4. The molecule has 3 aromatic rings. The number of fused-ring (bicyclic) bond motifs is 2. The summed E-state index contributed by atoms with van der Waals surface area (Å²) < 4.78 is 47.4. The molecule has 3 fully saturated rings. The third kappa shape index (κ3) is 6.32. The Morgan fingerprint density at radius 3 is 2.79 bits per heavy atom. The van der Waals surface area contributed by atoms with Crippen LogP contribution >= 0.6 is 11.8 Å². The van der Waals surface area contributed by atoms with E-state index < -0.39 is 17.4 Å². The van der Waals surface area contributed by atoms with E-state index in [4.69, 9.17) is 29.2 Å². The van der Waals surface area contributed by atoms with Crippen molar-refractivity contribution >= 4 is 35.0 Å². The number of rotatable bonds is 12. The maximum atomic E-state index is 13.8. The highest BCUT2D eigenvalue weighted by Crippen LogP contribution is 2.52. The SMILES string of the molecule is CCCSc1nc(N=C[C@@H](C)[C@@H]2C[C@H]2c2ccc(F)c(F)c2)c2nnn([C@@H]3C[C@H](COCCO)[C@H]4OC(C)(C)O[C@H]43)c2n1. The number of benzene rings is 1. The Kier molecular flexibility index (Phi) is 8.80. The number of aliphatic hydroxyl groups excluding tert-OH is 1. The van der Waals surface area contributed by atoms with E-state index in [-0.39, 0.29) is 55.1 Å². The molecule has 2 saturated carbocycles. The van der Waals surface area contributed by atoms with Gasteiger partial charge in [-0.2, -0.15) is 0 Å². The van der Waals surface area contributed by atoms with Gasteiger partial charge in [-0.15, -0.1) is 5.10 Å². The Bertz CT molecular complexity index is 1490. The predicted molar refractivity (Wildman–Crippen MR) is 158 cm³/mol. The van der Waals surface area contributed by atoms with Crippen molar-refractivity contribution < 1.29 is 28.1 Å². The minimum atomic E-state index is -0.831. The van der Waals surface area contributed by atoms with Gasteiger partial charge < -0.3 is 19.3 Å². The van der Waals surface area contributed by atoms with E-state index >= 15 is 0 Å². The summed E-state index contributed by atoms with van der Waals surface area (Å²) in [4.78, 5) is 14.4. The van der Waals surface area contributed by atoms with Crippen molar-refractivity contribution in [2.24, 2.45) is 22.7 Å². The lowest BCUT2D eigenvalue weighted by molar-refractivity contribution is -0.163. The van der Waals surface area contributed by atoms with Gasteiger partial charge in [0.2, 0.25) is 0 Å². The zero-order valence-corrected chi connectivity index (χ0v) is 25.6. The smallest absolute Gasteiger partial charge is 0.191 e. The number of nitrogens with zero attached hydrogens (tertiary/aromatic N) is 6. The van der Waals surface area contributed by atoms with Gasteiger partial charge in [-0.3, -0.25) is 0 Å². The van der Waals surface area contributed by atoms with Crippen LogP contribution in [0.5, 0.6) is 0 Å². The molecule has 232 valence electrons. The molecule has 13 heteroatoms. The maximum Gasteiger partial charge on any atom is 0.191 e. The standard InChI is InChI=1S/C30H38F2N6O4S/c1-5-10-43-29-34-27(33-14-16(2)19-13-20(19)17-6-7-21(31)22(32)11-17)24-28(35-29)38(37-36-24)23-12-18(15-40-9-8-39)25-26(23)42-30(3,4)41-25/h6-7,11,14,16,18-20,23,25-26,39H,5,8-10,12-13,15H2,1-4H3/t16-,18-,19+,20+,23-,25-,26+/m1/s1. The van der Waals surface area contributed by atoms with Crippen LogP contribution in [0.3, 0.4) is 0 Å². The topological polar surface area (TPSA) is 117 Å². The van der Waals surface area contributed by atoms with E-state index in [2.05, 4.69) is 24.2 Å².